The Bertz CT molecular complexity index is 504. The second kappa shape index (κ2) is 7.94. The quantitative estimate of drug-likeness (QED) is 0.855. The molecule has 1 atom stereocenters. The number of nitrogens with zero attached hydrogens (tertiary/aromatic N) is 2. The molecule has 0 aliphatic carbocycles. The van der Waals surface area contributed by atoms with Crippen molar-refractivity contribution < 1.29 is 14.7 Å². The molecule has 1 heterocycles. The highest BCUT2D eigenvalue weighted by atomic mass is 16.3. The summed E-state index contributed by atoms with van der Waals surface area (Å²) >= 11 is 0. The van der Waals surface area contributed by atoms with E-state index in [1.165, 1.54) is 0 Å². The number of hydrogen-bond donors (Lipinski definition) is 1. The lowest BCUT2D eigenvalue weighted by Gasteiger charge is -2.29. The van der Waals surface area contributed by atoms with Crippen LogP contribution in [0.1, 0.15) is 25.3 Å². The molecule has 0 aromatic heterocycles. The van der Waals surface area contributed by atoms with Crippen molar-refractivity contribution in [3.05, 3.63) is 35.9 Å². The summed E-state index contributed by atoms with van der Waals surface area (Å²) in [6.45, 7) is 3.35. The molecule has 120 valence electrons. The van der Waals surface area contributed by atoms with Crippen LogP contribution in [-0.4, -0.2) is 59.0 Å². The number of aliphatic hydroxyl groups is 1. The average molecular weight is 304 g/mol. The van der Waals surface area contributed by atoms with Gasteiger partial charge in [0.1, 0.15) is 6.04 Å². The second-order valence-electron chi connectivity index (χ2n) is 5.55. The standard InChI is InChI=1S/C17H24N2O3/c1-2-18(11-12-20)17(22)15-9-6-10-19(15)16(21)13-14-7-4-3-5-8-14/h3-5,7-8,15,20H,2,6,9-13H2,1H3. The number of likely N-dealkylation sites (tertiary alicyclic amines) is 1. The topological polar surface area (TPSA) is 60.9 Å². The molecule has 0 bridgehead atoms. The molecular formula is C17H24N2O3. The third kappa shape index (κ3) is 3.85. The number of amides is 2. The molecule has 0 spiro atoms. The fraction of sp³-hybridized carbons (Fsp3) is 0.529. The first-order chi connectivity index (χ1) is 10.7. The highest BCUT2D eigenvalue weighted by Gasteiger charge is 2.35. The fourth-order valence-electron chi connectivity index (χ4n) is 2.95. The third-order valence-corrected chi connectivity index (χ3v) is 4.12. The zero-order valence-electron chi connectivity index (χ0n) is 13.1. The van der Waals surface area contributed by atoms with E-state index in [-0.39, 0.29) is 24.5 Å². The number of rotatable bonds is 6. The van der Waals surface area contributed by atoms with E-state index in [9.17, 15) is 9.59 Å². The van der Waals surface area contributed by atoms with Crippen LogP contribution in [-0.2, 0) is 16.0 Å². The Morgan fingerprint density at radius 1 is 1.32 bits per heavy atom. The van der Waals surface area contributed by atoms with Gasteiger partial charge in [-0.25, -0.2) is 0 Å². The van der Waals surface area contributed by atoms with Crippen molar-refractivity contribution in [2.75, 3.05) is 26.2 Å². The Balaban J connectivity index is 2.03. The van der Waals surface area contributed by atoms with Gasteiger partial charge in [0.05, 0.1) is 13.0 Å². The summed E-state index contributed by atoms with van der Waals surface area (Å²) < 4.78 is 0. The number of carbonyl (C=O) groups is 2. The number of likely N-dealkylation sites (N-methyl/N-ethyl adjacent to an activating group) is 1. The van der Waals surface area contributed by atoms with Crippen molar-refractivity contribution in [2.45, 2.75) is 32.2 Å². The summed E-state index contributed by atoms with van der Waals surface area (Å²) in [5.41, 5.74) is 0.966. The predicted octanol–water partition coefficient (Wildman–Crippen LogP) is 1.06. The normalized spacial score (nSPS) is 17.5. The van der Waals surface area contributed by atoms with Gasteiger partial charge in [0.2, 0.25) is 11.8 Å². The van der Waals surface area contributed by atoms with Crippen LogP contribution in [0.4, 0.5) is 0 Å². The zero-order chi connectivity index (χ0) is 15.9. The van der Waals surface area contributed by atoms with Gasteiger partial charge in [-0.1, -0.05) is 30.3 Å². The molecule has 5 nitrogen and oxygen atoms in total. The molecule has 1 aliphatic heterocycles. The maximum atomic E-state index is 12.6. The van der Waals surface area contributed by atoms with Gasteiger partial charge < -0.3 is 14.9 Å². The SMILES string of the molecule is CCN(CCO)C(=O)C1CCCN1C(=O)Cc1ccccc1. The van der Waals surface area contributed by atoms with Gasteiger partial charge in [-0.3, -0.25) is 9.59 Å². The van der Waals surface area contributed by atoms with E-state index in [2.05, 4.69) is 0 Å². The monoisotopic (exact) mass is 304 g/mol. The van der Waals surface area contributed by atoms with Crippen LogP contribution >= 0.6 is 0 Å². The van der Waals surface area contributed by atoms with E-state index in [0.29, 0.717) is 32.5 Å². The molecule has 22 heavy (non-hydrogen) atoms. The first kappa shape index (κ1) is 16.5. The van der Waals surface area contributed by atoms with Crippen LogP contribution < -0.4 is 0 Å². The van der Waals surface area contributed by atoms with Gasteiger partial charge in [0.15, 0.2) is 0 Å². The van der Waals surface area contributed by atoms with Gasteiger partial charge >= 0.3 is 0 Å². The van der Waals surface area contributed by atoms with Crippen LogP contribution in [0, 0.1) is 0 Å². The fourth-order valence-corrected chi connectivity index (χ4v) is 2.95. The van der Waals surface area contributed by atoms with E-state index < -0.39 is 0 Å². The first-order valence-corrected chi connectivity index (χ1v) is 7.90. The molecule has 0 saturated carbocycles. The van der Waals surface area contributed by atoms with E-state index in [4.69, 9.17) is 5.11 Å². The van der Waals surface area contributed by atoms with Crippen molar-refractivity contribution >= 4 is 11.8 Å². The molecule has 2 rings (SSSR count). The van der Waals surface area contributed by atoms with E-state index in [1.54, 1.807) is 9.80 Å². The maximum Gasteiger partial charge on any atom is 0.245 e. The summed E-state index contributed by atoms with van der Waals surface area (Å²) in [6.07, 6.45) is 1.89. The number of hydrogen-bond acceptors (Lipinski definition) is 3. The predicted molar refractivity (Wildman–Crippen MR) is 84.2 cm³/mol. The van der Waals surface area contributed by atoms with Crippen LogP contribution in [0.3, 0.4) is 0 Å². The lowest BCUT2D eigenvalue weighted by atomic mass is 10.1. The van der Waals surface area contributed by atoms with E-state index in [0.717, 1.165) is 12.0 Å². The van der Waals surface area contributed by atoms with Crippen LogP contribution in [0.15, 0.2) is 30.3 Å². The van der Waals surface area contributed by atoms with Gasteiger partial charge in [-0.05, 0) is 25.3 Å². The summed E-state index contributed by atoms with van der Waals surface area (Å²) in [4.78, 5) is 28.4. The van der Waals surface area contributed by atoms with Crippen LogP contribution in [0.25, 0.3) is 0 Å². The number of aliphatic hydroxyl groups excluding tert-OH is 1. The zero-order valence-corrected chi connectivity index (χ0v) is 13.1. The Labute approximate surface area is 131 Å². The Hall–Kier alpha value is -1.88. The van der Waals surface area contributed by atoms with Crippen molar-refractivity contribution in [2.24, 2.45) is 0 Å². The lowest BCUT2D eigenvalue weighted by Crippen LogP contribution is -2.48. The molecule has 1 unspecified atom stereocenters. The van der Waals surface area contributed by atoms with Crippen LogP contribution in [0.5, 0.6) is 0 Å². The molecule has 1 aromatic carbocycles. The molecule has 0 radical (unpaired) electrons. The molecular weight excluding hydrogens is 280 g/mol. The summed E-state index contributed by atoms with van der Waals surface area (Å²) in [6, 6.07) is 9.22. The van der Waals surface area contributed by atoms with Gasteiger partial charge in [-0.2, -0.15) is 0 Å². The van der Waals surface area contributed by atoms with Crippen molar-refractivity contribution in [3.8, 4) is 0 Å². The lowest BCUT2D eigenvalue weighted by molar-refractivity contribution is -0.143. The van der Waals surface area contributed by atoms with E-state index in [1.807, 2.05) is 37.3 Å². The minimum absolute atomic E-state index is 0.00195. The molecule has 1 saturated heterocycles. The molecule has 1 aliphatic rings. The van der Waals surface area contributed by atoms with Crippen LogP contribution in [0.2, 0.25) is 0 Å². The molecule has 1 aromatic rings. The second-order valence-corrected chi connectivity index (χ2v) is 5.55. The molecule has 1 N–H and O–H groups in total. The number of carbonyl (C=O) groups excluding carboxylic acids is 2. The van der Waals surface area contributed by atoms with Gasteiger partial charge in [0.25, 0.3) is 0 Å². The smallest absolute Gasteiger partial charge is 0.245 e. The Kier molecular flexibility index (Phi) is 5.95. The third-order valence-electron chi connectivity index (χ3n) is 4.12. The molecule has 1 fully saturated rings. The van der Waals surface area contributed by atoms with Gasteiger partial charge in [-0.15, -0.1) is 0 Å². The largest absolute Gasteiger partial charge is 0.395 e. The summed E-state index contributed by atoms with van der Waals surface area (Å²) in [5.74, 6) is -0.0439. The first-order valence-electron chi connectivity index (χ1n) is 7.90. The molecule has 2 amide bonds. The highest BCUT2D eigenvalue weighted by molar-refractivity contribution is 5.89. The van der Waals surface area contributed by atoms with E-state index >= 15 is 0 Å². The van der Waals surface area contributed by atoms with Crippen molar-refractivity contribution in [3.63, 3.8) is 0 Å². The minimum Gasteiger partial charge on any atom is -0.395 e. The van der Waals surface area contributed by atoms with Gasteiger partial charge in [0, 0.05) is 19.6 Å². The maximum absolute atomic E-state index is 12.6. The Morgan fingerprint density at radius 2 is 2.05 bits per heavy atom. The number of benzene rings is 1. The summed E-state index contributed by atoms with van der Waals surface area (Å²) in [5, 5.41) is 9.05. The van der Waals surface area contributed by atoms with Crippen molar-refractivity contribution in [1.82, 2.24) is 9.80 Å². The highest BCUT2D eigenvalue weighted by Crippen LogP contribution is 2.20. The molecule has 5 heteroatoms. The summed E-state index contributed by atoms with van der Waals surface area (Å²) in [7, 11) is 0. The average Bonchev–Trinajstić information content (AvgIpc) is 3.02. The Morgan fingerprint density at radius 3 is 2.68 bits per heavy atom. The minimum atomic E-state index is -0.372. The van der Waals surface area contributed by atoms with Crippen molar-refractivity contribution in [1.29, 1.82) is 0 Å².